The van der Waals surface area contributed by atoms with Gasteiger partial charge in [-0.2, -0.15) is 5.10 Å². The number of hydrogen-bond donors (Lipinski definition) is 1. The first-order valence-electron chi connectivity index (χ1n) is 7.84. The number of hydrogen-bond acceptors (Lipinski definition) is 3. The first kappa shape index (κ1) is 11.3. The van der Waals surface area contributed by atoms with Crippen molar-refractivity contribution in [3.05, 3.63) is 29.7 Å². The number of rotatable bonds is 3. The van der Waals surface area contributed by atoms with Gasteiger partial charge in [0, 0.05) is 36.6 Å². The molecule has 0 aliphatic heterocycles. The second-order valence-electron chi connectivity index (χ2n) is 6.95. The zero-order valence-corrected chi connectivity index (χ0v) is 11.8. The van der Waals surface area contributed by atoms with Crippen molar-refractivity contribution in [2.75, 3.05) is 0 Å². The van der Waals surface area contributed by atoms with Crippen LogP contribution in [0.15, 0.2) is 18.5 Å². The van der Waals surface area contributed by atoms with Crippen LogP contribution in [0.5, 0.6) is 0 Å². The van der Waals surface area contributed by atoms with E-state index in [9.17, 15) is 0 Å². The van der Waals surface area contributed by atoms with Crippen LogP contribution in [-0.4, -0.2) is 20.6 Å². The summed E-state index contributed by atoms with van der Waals surface area (Å²) in [6.07, 6.45) is 8.59. The average Bonchev–Trinajstić information content (AvgIpc) is 2.80. The van der Waals surface area contributed by atoms with Gasteiger partial charge in [0.05, 0.1) is 5.69 Å². The Morgan fingerprint density at radius 3 is 2.90 bits per heavy atom. The Labute approximate surface area is 118 Å². The highest BCUT2D eigenvalue weighted by molar-refractivity contribution is 5.38. The Kier molecular flexibility index (Phi) is 2.15. The topological polar surface area (TPSA) is 42.2 Å². The largest absolute Gasteiger partial charge is 0.309 e. The van der Waals surface area contributed by atoms with E-state index < -0.39 is 0 Å². The molecule has 4 nitrogen and oxygen atoms in total. The smallest absolute Gasteiger partial charge is 0.155 e. The Morgan fingerprint density at radius 1 is 1.30 bits per heavy atom. The van der Waals surface area contributed by atoms with Crippen LogP contribution in [0.2, 0.25) is 0 Å². The Balaban J connectivity index is 1.30. The molecule has 3 aliphatic rings. The molecular formula is C16H20N4. The molecule has 3 fully saturated rings. The number of aromatic nitrogens is 3. The van der Waals surface area contributed by atoms with Crippen molar-refractivity contribution in [3.8, 4) is 0 Å². The van der Waals surface area contributed by atoms with E-state index in [4.69, 9.17) is 0 Å². The molecule has 0 aromatic carbocycles. The van der Waals surface area contributed by atoms with Crippen molar-refractivity contribution in [3.63, 3.8) is 0 Å². The lowest BCUT2D eigenvalue weighted by atomic mass is 10.0. The van der Waals surface area contributed by atoms with Crippen LogP contribution in [0, 0.1) is 30.6 Å². The lowest BCUT2D eigenvalue weighted by Gasteiger charge is -2.10. The molecule has 0 amide bonds. The summed E-state index contributed by atoms with van der Waals surface area (Å²) in [5.74, 6) is 4.07. The van der Waals surface area contributed by atoms with E-state index in [0.717, 1.165) is 47.6 Å². The first-order chi connectivity index (χ1) is 9.79. The zero-order chi connectivity index (χ0) is 13.3. The normalized spacial score (nSPS) is 37.5. The molecule has 4 unspecified atom stereocenters. The zero-order valence-electron chi connectivity index (χ0n) is 11.8. The fourth-order valence-electron chi connectivity index (χ4n) is 4.96. The fraction of sp³-hybridized carbons (Fsp3) is 0.625. The summed E-state index contributed by atoms with van der Waals surface area (Å²) in [7, 11) is 0. The summed E-state index contributed by atoms with van der Waals surface area (Å²) in [6, 6.07) is 2.80. The summed E-state index contributed by atoms with van der Waals surface area (Å²) in [5.41, 5.74) is 3.20. The second-order valence-corrected chi connectivity index (χ2v) is 6.95. The lowest BCUT2D eigenvalue weighted by Crippen LogP contribution is -2.22. The summed E-state index contributed by atoms with van der Waals surface area (Å²) >= 11 is 0. The maximum Gasteiger partial charge on any atom is 0.155 e. The van der Waals surface area contributed by atoms with Gasteiger partial charge in [-0.1, -0.05) is 0 Å². The van der Waals surface area contributed by atoms with Gasteiger partial charge in [0.15, 0.2) is 5.65 Å². The van der Waals surface area contributed by atoms with E-state index >= 15 is 0 Å². The molecule has 2 heterocycles. The molecular weight excluding hydrogens is 248 g/mol. The van der Waals surface area contributed by atoms with Gasteiger partial charge in [-0.05, 0) is 49.9 Å². The molecule has 2 aromatic heterocycles. The van der Waals surface area contributed by atoms with Crippen LogP contribution < -0.4 is 5.32 Å². The molecule has 2 bridgehead atoms. The number of nitrogens with one attached hydrogen (secondary N) is 1. The highest BCUT2D eigenvalue weighted by Gasteiger charge is 2.64. The standard InChI is InChI=1S/C16H20N4/c1-9-4-13-17-6-10(8-20(13)19-9)7-18-16-14-11-2-3-12(5-11)15(14)16/h4,6,8,11-12,14-16,18H,2-3,5,7H2,1H3. The average molecular weight is 268 g/mol. The molecule has 3 saturated carbocycles. The quantitative estimate of drug-likeness (QED) is 0.927. The van der Waals surface area contributed by atoms with Crippen LogP contribution in [0.1, 0.15) is 30.5 Å². The molecule has 4 heteroatoms. The summed E-state index contributed by atoms with van der Waals surface area (Å²) in [5, 5.41) is 8.20. The fourth-order valence-corrected chi connectivity index (χ4v) is 4.96. The van der Waals surface area contributed by atoms with Gasteiger partial charge in [0.2, 0.25) is 0 Å². The molecule has 0 radical (unpaired) electrons. The first-order valence-corrected chi connectivity index (χ1v) is 7.84. The predicted molar refractivity (Wildman–Crippen MR) is 76.2 cm³/mol. The molecule has 20 heavy (non-hydrogen) atoms. The van der Waals surface area contributed by atoms with Crippen molar-refractivity contribution >= 4 is 5.65 Å². The van der Waals surface area contributed by atoms with E-state index in [1.165, 1.54) is 24.8 Å². The second kappa shape index (κ2) is 3.82. The van der Waals surface area contributed by atoms with Crippen molar-refractivity contribution < 1.29 is 0 Å². The third-order valence-electron chi connectivity index (χ3n) is 5.77. The van der Waals surface area contributed by atoms with E-state index in [0.29, 0.717) is 0 Å². The Bertz CT molecular complexity index is 660. The third-order valence-corrected chi connectivity index (χ3v) is 5.77. The van der Waals surface area contributed by atoms with Gasteiger partial charge in [-0.15, -0.1) is 0 Å². The summed E-state index contributed by atoms with van der Waals surface area (Å²) in [4.78, 5) is 4.48. The van der Waals surface area contributed by atoms with Gasteiger partial charge in [-0.25, -0.2) is 9.50 Å². The monoisotopic (exact) mass is 268 g/mol. The van der Waals surface area contributed by atoms with Gasteiger partial charge in [0.1, 0.15) is 0 Å². The molecule has 4 atom stereocenters. The number of fused-ring (bicyclic) bond motifs is 6. The maximum absolute atomic E-state index is 4.48. The van der Waals surface area contributed by atoms with Crippen molar-refractivity contribution in [1.29, 1.82) is 0 Å². The highest BCUT2D eigenvalue weighted by atomic mass is 15.2. The van der Waals surface area contributed by atoms with Crippen LogP contribution in [0.4, 0.5) is 0 Å². The van der Waals surface area contributed by atoms with E-state index in [2.05, 4.69) is 21.6 Å². The minimum absolute atomic E-state index is 0.788. The van der Waals surface area contributed by atoms with E-state index in [-0.39, 0.29) is 0 Å². The van der Waals surface area contributed by atoms with Gasteiger partial charge in [0.25, 0.3) is 0 Å². The Hall–Kier alpha value is -1.42. The SMILES string of the molecule is Cc1cc2ncc(CNC3C4C5CCC(C5)C34)cn2n1. The number of nitrogens with zero attached hydrogens (tertiary/aromatic N) is 3. The van der Waals surface area contributed by atoms with Crippen LogP contribution in [-0.2, 0) is 6.54 Å². The van der Waals surface area contributed by atoms with Crippen LogP contribution in [0.25, 0.3) is 5.65 Å². The molecule has 1 N–H and O–H groups in total. The molecule has 104 valence electrons. The van der Waals surface area contributed by atoms with E-state index in [1.54, 1.807) is 0 Å². The Morgan fingerprint density at radius 2 is 2.10 bits per heavy atom. The minimum Gasteiger partial charge on any atom is -0.309 e. The van der Waals surface area contributed by atoms with Crippen LogP contribution >= 0.6 is 0 Å². The van der Waals surface area contributed by atoms with Crippen molar-refractivity contribution in [2.24, 2.45) is 23.7 Å². The third kappa shape index (κ3) is 1.51. The predicted octanol–water partition coefficient (Wildman–Crippen LogP) is 2.17. The minimum atomic E-state index is 0.788. The van der Waals surface area contributed by atoms with Gasteiger partial charge in [-0.3, -0.25) is 0 Å². The number of aryl methyl sites for hydroxylation is 1. The molecule has 0 saturated heterocycles. The summed E-state index contributed by atoms with van der Waals surface area (Å²) in [6.45, 7) is 2.94. The van der Waals surface area contributed by atoms with Gasteiger partial charge >= 0.3 is 0 Å². The van der Waals surface area contributed by atoms with Crippen molar-refractivity contribution in [1.82, 2.24) is 19.9 Å². The lowest BCUT2D eigenvalue weighted by molar-refractivity contribution is 0.456. The van der Waals surface area contributed by atoms with Gasteiger partial charge < -0.3 is 5.32 Å². The molecule has 2 aromatic rings. The molecule has 0 spiro atoms. The molecule has 5 rings (SSSR count). The summed E-state index contributed by atoms with van der Waals surface area (Å²) < 4.78 is 1.89. The molecule has 3 aliphatic carbocycles. The van der Waals surface area contributed by atoms with Crippen molar-refractivity contribution in [2.45, 2.75) is 38.8 Å². The van der Waals surface area contributed by atoms with Crippen LogP contribution in [0.3, 0.4) is 0 Å². The maximum atomic E-state index is 4.48. The highest BCUT2D eigenvalue weighted by Crippen LogP contribution is 2.65. The van der Waals surface area contributed by atoms with E-state index in [1.807, 2.05) is 23.7 Å².